The molecule has 2 N–H and O–H groups in total. The lowest BCUT2D eigenvalue weighted by Gasteiger charge is -2.06. The molecule has 0 unspecified atom stereocenters. The maximum absolute atomic E-state index is 11.6. The van der Waals surface area contributed by atoms with Gasteiger partial charge in [-0.1, -0.05) is 0 Å². The van der Waals surface area contributed by atoms with Crippen molar-refractivity contribution in [3.05, 3.63) is 30.1 Å². The highest BCUT2D eigenvalue weighted by molar-refractivity contribution is 7.89. The van der Waals surface area contributed by atoms with E-state index >= 15 is 0 Å². The Balaban J connectivity index is 2.21. The highest BCUT2D eigenvalue weighted by atomic mass is 32.2. The topological polar surface area (TPSA) is 71.1 Å². The first-order valence-electron chi connectivity index (χ1n) is 6.15. The van der Waals surface area contributed by atoms with E-state index in [0.29, 0.717) is 19.4 Å². The van der Waals surface area contributed by atoms with E-state index in [1.165, 1.54) is 0 Å². The quantitative estimate of drug-likeness (QED) is 0.643. The SMILES string of the molecule is CNCCCCS(=O)(=O)NCCc1ccncc1. The van der Waals surface area contributed by atoms with Crippen molar-refractivity contribution in [3.8, 4) is 0 Å². The fraction of sp³-hybridized carbons (Fsp3) is 0.583. The highest BCUT2D eigenvalue weighted by Crippen LogP contribution is 1.98. The van der Waals surface area contributed by atoms with Crippen molar-refractivity contribution in [3.63, 3.8) is 0 Å². The number of nitrogens with one attached hydrogen (secondary N) is 2. The molecule has 0 aliphatic rings. The number of aromatic nitrogens is 1. The van der Waals surface area contributed by atoms with E-state index in [0.717, 1.165) is 18.5 Å². The second kappa shape index (κ2) is 8.18. The Morgan fingerprint density at radius 2 is 1.89 bits per heavy atom. The number of pyridine rings is 1. The summed E-state index contributed by atoms with van der Waals surface area (Å²) < 4.78 is 25.9. The van der Waals surface area contributed by atoms with Gasteiger partial charge in [0, 0.05) is 18.9 Å². The van der Waals surface area contributed by atoms with Gasteiger partial charge in [-0.2, -0.15) is 0 Å². The zero-order chi connectivity index (χ0) is 13.3. The van der Waals surface area contributed by atoms with Crippen molar-refractivity contribution in [1.82, 2.24) is 15.0 Å². The summed E-state index contributed by atoms with van der Waals surface area (Å²) in [5, 5.41) is 3.00. The lowest BCUT2D eigenvalue weighted by atomic mass is 10.2. The van der Waals surface area contributed by atoms with Crippen LogP contribution in [-0.2, 0) is 16.4 Å². The number of hydrogen-bond acceptors (Lipinski definition) is 4. The Hall–Kier alpha value is -0.980. The van der Waals surface area contributed by atoms with Gasteiger partial charge in [-0.25, -0.2) is 13.1 Å². The molecule has 1 rings (SSSR count). The van der Waals surface area contributed by atoms with Crippen LogP contribution in [0.2, 0.25) is 0 Å². The molecule has 18 heavy (non-hydrogen) atoms. The second-order valence-electron chi connectivity index (χ2n) is 4.13. The molecule has 0 atom stereocenters. The normalized spacial score (nSPS) is 11.6. The Morgan fingerprint density at radius 1 is 1.17 bits per heavy atom. The molecule has 1 aromatic heterocycles. The molecule has 0 spiro atoms. The molecule has 0 amide bonds. The van der Waals surface area contributed by atoms with Crippen LogP contribution in [-0.4, -0.2) is 39.3 Å². The van der Waals surface area contributed by atoms with E-state index in [1.807, 2.05) is 19.2 Å². The molecular formula is C12H21N3O2S. The molecule has 0 fully saturated rings. The maximum atomic E-state index is 11.6. The summed E-state index contributed by atoms with van der Waals surface area (Å²) in [6.45, 7) is 1.30. The molecule has 0 saturated heterocycles. The summed E-state index contributed by atoms with van der Waals surface area (Å²) in [5.41, 5.74) is 1.09. The van der Waals surface area contributed by atoms with E-state index in [4.69, 9.17) is 0 Å². The molecular weight excluding hydrogens is 250 g/mol. The molecule has 5 nitrogen and oxygen atoms in total. The van der Waals surface area contributed by atoms with Crippen LogP contribution in [0.25, 0.3) is 0 Å². The molecule has 0 aromatic carbocycles. The maximum Gasteiger partial charge on any atom is 0.211 e. The van der Waals surface area contributed by atoms with Gasteiger partial charge in [0.25, 0.3) is 0 Å². The van der Waals surface area contributed by atoms with Gasteiger partial charge in [0.1, 0.15) is 0 Å². The molecule has 6 heteroatoms. The predicted molar refractivity (Wildman–Crippen MR) is 72.9 cm³/mol. The van der Waals surface area contributed by atoms with Gasteiger partial charge >= 0.3 is 0 Å². The number of unbranched alkanes of at least 4 members (excludes halogenated alkanes) is 1. The predicted octanol–water partition coefficient (Wildman–Crippen LogP) is 0.543. The Morgan fingerprint density at radius 3 is 2.56 bits per heavy atom. The molecule has 0 aliphatic heterocycles. The first kappa shape index (κ1) is 15.1. The monoisotopic (exact) mass is 271 g/mol. The van der Waals surface area contributed by atoms with Crippen LogP contribution in [0.4, 0.5) is 0 Å². The third-order valence-electron chi connectivity index (χ3n) is 2.57. The zero-order valence-corrected chi connectivity index (χ0v) is 11.5. The summed E-state index contributed by atoms with van der Waals surface area (Å²) in [4.78, 5) is 3.92. The fourth-order valence-corrected chi connectivity index (χ4v) is 2.71. The van der Waals surface area contributed by atoms with Crippen LogP contribution in [0.1, 0.15) is 18.4 Å². The molecule has 1 aromatic rings. The summed E-state index contributed by atoms with van der Waals surface area (Å²) in [6.07, 6.45) is 5.68. The largest absolute Gasteiger partial charge is 0.320 e. The number of nitrogens with zero attached hydrogens (tertiary/aromatic N) is 1. The minimum atomic E-state index is -3.13. The lowest BCUT2D eigenvalue weighted by molar-refractivity contribution is 0.576. The van der Waals surface area contributed by atoms with Crippen molar-refractivity contribution in [2.75, 3.05) is 25.9 Å². The van der Waals surface area contributed by atoms with Crippen molar-refractivity contribution in [2.45, 2.75) is 19.3 Å². The Labute approximate surface area is 109 Å². The van der Waals surface area contributed by atoms with E-state index in [9.17, 15) is 8.42 Å². The van der Waals surface area contributed by atoms with Crippen LogP contribution in [0.3, 0.4) is 0 Å². The molecule has 0 bridgehead atoms. The van der Waals surface area contributed by atoms with Crippen molar-refractivity contribution < 1.29 is 8.42 Å². The summed E-state index contributed by atoms with van der Waals surface area (Å²) in [5.74, 6) is 0.199. The Bertz CT molecular complexity index is 420. The van der Waals surface area contributed by atoms with Crippen LogP contribution in [0.5, 0.6) is 0 Å². The smallest absolute Gasteiger partial charge is 0.211 e. The number of sulfonamides is 1. The minimum absolute atomic E-state index is 0.199. The van der Waals surface area contributed by atoms with Crippen molar-refractivity contribution in [2.24, 2.45) is 0 Å². The highest BCUT2D eigenvalue weighted by Gasteiger charge is 2.08. The van der Waals surface area contributed by atoms with Gasteiger partial charge in [0.15, 0.2) is 0 Å². The van der Waals surface area contributed by atoms with Crippen LogP contribution >= 0.6 is 0 Å². The average molecular weight is 271 g/mol. The van der Waals surface area contributed by atoms with Gasteiger partial charge in [-0.15, -0.1) is 0 Å². The standard InChI is InChI=1S/C12H21N3O2S/c1-13-7-2-3-11-18(16,17)15-10-6-12-4-8-14-9-5-12/h4-5,8-9,13,15H,2-3,6-7,10-11H2,1H3. The summed E-state index contributed by atoms with van der Waals surface area (Å²) in [6, 6.07) is 3.78. The zero-order valence-electron chi connectivity index (χ0n) is 10.7. The molecule has 0 aliphatic carbocycles. The first-order valence-corrected chi connectivity index (χ1v) is 7.80. The van der Waals surface area contributed by atoms with E-state index in [2.05, 4.69) is 15.0 Å². The van der Waals surface area contributed by atoms with Crippen LogP contribution in [0.15, 0.2) is 24.5 Å². The molecule has 1 heterocycles. The van der Waals surface area contributed by atoms with Gasteiger partial charge in [-0.3, -0.25) is 4.98 Å². The summed E-state index contributed by atoms with van der Waals surface area (Å²) >= 11 is 0. The molecule has 0 radical (unpaired) electrons. The third-order valence-corrected chi connectivity index (χ3v) is 4.04. The third kappa shape index (κ3) is 6.68. The molecule has 102 valence electrons. The molecule has 0 saturated carbocycles. The van der Waals surface area contributed by atoms with Crippen LogP contribution < -0.4 is 10.0 Å². The van der Waals surface area contributed by atoms with E-state index in [1.54, 1.807) is 12.4 Å². The fourth-order valence-electron chi connectivity index (χ4n) is 1.57. The van der Waals surface area contributed by atoms with E-state index < -0.39 is 10.0 Å². The van der Waals surface area contributed by atoms with Crippen molar-refractivity contribution in [1.29, 1.82) is 0 Å². The van der Waals surface area contributed by atoms with Gasteiger partial charge < -0.3 is 5.32 Å². The van der Waals surface area contributed by atoms with Crippen LogP contribution in [0, 0.1) is 0 Å². The van der Waals surface area contributed by atoms with Crippen molar-refractivity contribution >= 4 is 10.0 Å². The minimum Gasteiger partial charge on any atom is -0.320 e. The lowest BCUT2D eigenvalue weighted by Crippen LogP contribution is -2.28. The van der Waals surface area contributed by atoms with E-state index in [-0.39, 0.29) is 5.75 Å². The van der Waals surface area contributed by atoms with Gasteiger partial charge in [0.2, 0.25) is 10.0 Å². The Kier molecular flexibility index (Phi) is 6.85. The van der Waals surface area contributed by atoms with Gasteiger partial charge in [-0.05, 0) is 50.6 Å². The first-order chi connectivity index (χ1) is 8.64. The number of rotatable bonds is 9. The average Bonchev–Trinajstić information content (AvgIpc) is 2.36. The van der Waals surface area contributed by atoms with Gasteiger partial charge in [0.05, 0.1) is 5.75 Å². The summed E-state index contributed by atoms with van der Waals surface area (Å²) in [7, 11) is -1.26. The second-order valence-corrected chi connectivity index (χ2v) is 6.06. The number of hydrogen-bond donors (Lipinski definition) is 2.